The van der Waals surface area contributed by atoms with E-state index in [0.29, 0.717) is 18.2 Å². The monoisotopic (exact) mass is 356 g/mol. The van der Waals surface area contributed by atoms with E-state index < -0.39 is 5.54 Å². The Balaban J connectivity index is 2.11. The highest BCUT2D eigenvalue weighted by Gasteiger charge is 2.62. The third kappa shape index (κ3) is 2.64. The second kappa shape index (κ2) is 7.02. The summed E-state index contributed by atoms with van der Waals surface area (Å²) in [6, 6.07) is 5.56. The molecule has 1 aromatic carbocycles. The summed E-state index contributed by atoms with van der Waals surface area (Å²) < 4.78 is 11.1. The fourth-order valence-corrected chi connectivity index (χ4v) is 5.14. The Morgan fingerprint density at radius 3 is 2.81 bits per heavy atom. The summed E-state index contributed by atoms with van der Waals surface area (Å²) in [7, 11) is 1.76. The lowest BCUT2D eigenvalue weighted by Crippen LogP contribution is -2.59. The summed E-state index contributed by atoms with van der Waals surface area (Å²) >= 11 is 0. The molecular formula is C21H28N2O3. The second-order valence-electron chi connectivity index (χ2n) is 7.62. The van der Waals surface area contributed by atoms with Crippen LogP contribution in [0.4, 0.5) is 5.69 Å². The van der Waals surface area contributed by atoms with Crippen molar-refractivity contribution in [3.63, 3.8) is 0 Å². The van der Waals surface area contributed by atoms with Crippen molar-refractivity contribution in [2.75, 3.05) is 13.7 Å². The van der Waals surface area contributed by atoms with Crippen molar-refractivity contribution in [3.05, 3.63) is 40.7 Å². The number of hydrogen-bond donors (Lipinski definition) is 1. The van der Waals surface area contributed by atoms with Gasteiger partial charge in [0.05, 0.1) is 19.3 Å². The Labute approximate surface area is 155 Å². The third-order valence-corrected chi connectivity index (χ3v) is 6.52. The molecule has 5 nitrogen and oxygen atoms in total. The summed E-state index contributed by atoms with van der Waals surface area (Å²) in [5.74, 6) is -0.00709. The van der Waals surface area contributed by atoms with Gasteiger partial charge in [0, 0.05) is 12.5 Å². The highest BCUT2D eigenvalue weighted by atomic mass is 16.5. The van der Waals surface area contributed by atoms with Gasteiger partial charge in [0.1, 0.15) is 5.54 Å². The summed E-state index contributed by atoms with van der Waals surface area (Å²) in [6.45, 7) is 11.6. The fourth-order valence-electron chi connectivity index (χ4n) is 5.14. The van der Waals surface area contributed by atoms with E-state index in [2.05, 4.69) is 11.8 Å². The van der Waals surface area contributed by atoms with Crippen molar-refractivity contribution in [2.45, 2.75) is 57.6 Å². The van der Waals surface area contributed by atoms with Gasteiger partial charge in [0.25, 0.3) is 0 Å². The van der Waals surface area contributed by atoms with Crippen molar-refractivity contribution >= 4 is 11.7 Å². The topological polar surface area (TPSA) is 65.9 Å². The highest BCUT2D eigenvalue weighted by Crippen LogP contribution is 2.59. The molecule has 1 aromatic rings. The minimum Gasteiger partial charge on any atom is -0.464 e. The maximum atomic E-state index is 13.1. The Kier molecular flexibility index (Phi) is 5.09. The number of hydrogen-bond acceptors (Lipinski definition) is 4. The lowest BCUT2D eigenvalue weighted by molar-refractivity contribution is -0.159. The molecule has 1 spiro atoms. The molecule has 2 N–H and O–H groups in total. The predicted octanol–water partition coefficient (Wildman–Crippen LogP) is 3.72. The summed E-state index contributed by atoms with van der Waals surface area (Å²) in [5, 5.41) is 0. The van der Waals surface area contributed by atoms with Gasteiger partial charge < -0.3 is 15.2 Å². The summed E-state index contributed by atoms with van der Waals surface area (Å²) in [4.78, 5) is 16.6. The molecule has 0 radical (unpaired) electrons. The van der Waals surface area contributed by atoms with E-state index in [1.165, 1.54) is 0 Å². The van der Waals surface area contributed by atoms with Gasteiger partial charge in [-0.2, -0.15) is 0 Å². The molecule has 0 aliphatic heterocycles. The maximum absolute atomic E-state index is 13.1. The van der Waals surface area contributed by atoms with Crippen LogP contribution < -0.4 is 5.73 Å². The van der Waals surface area contributed by atoms with E-state index in [1.807, 2.05) is 12.1 Å². The lowest BCUT2D eigenvalue weighted by Gasteiger charge is -2.49. The van der Waals surface area contributed by atoms with Crippen LogP contribution in [0.25, 0.3) is 4.85 Å². The molecular weight excluding hydrogens is 328 g/mol. The molecule has 0 heterocycles. The van der Waals surface area contributed by atoms with Gasteiger partial charge in [-0.25, -0.2) is 9.64 Å². The van der Waals surface area contributed by atoms with Crippen molar-refractivity contribution in [3.8, 4) is 0 Å². The van der Waals surface area contributed by atoms with Gasteiger partial charge in [0.2, 0.25) is 0 Å². The maximum Gasteiger partial charge on any atom is 0.331 e. The largest absolute Gasteiger partial charge is 0.464 e. The van der Waals surface area contributed by atoms with Crippen molar-refractivity contribution < 1.29 is 14.3 Å². The number of ether oxygens (including phenoxy) is 2. The van der Waals surface area contributed by atoms with E-state index in [0.717, 1.165) is 43.2 Å². The number of methoxy groups -OCH3 is 1. The number of benzene rings is 1. The first-order valence-electron chi connectivity index (χ1n) is 9.45. The van der Waals surface area contributed by atoms with Crippen LogP contribution >= 0.6 is 0 Å². The van der Waals surface area contributed by atoms with E-state index in [4.69, 9.17) is 21.8 Å². The minimum absolute atomic E-state index is 0.208. The molecule has 2 aliphatic rings. The Hall–Kier alpha value is -1.90. The molecule has 0 saturated heterocycles. The van der Waals surface area contributed by atoms with Crippen molar-refractivity contribution in [1.29, 1.82) is 0 Å². The zero-order chi connectivity index (χ0) is 18.9. The molecule has 26 heavy (non-hydrogen) atoms. The molecule has 0 amide bonds. The van der Waals surface area contributed by atoms with Gasteiger partial charge in [-0.1, -0.05) is 31.5 Å². The SMILES string of the molecule is [C-]#[N+]c1ccc2c(c1)[C@@](N)(C(=O)OCC)[C@]1(CC[C@H](OC)[C@@H](CC)C1)C2. The zero-order valence-electron chi connectivity index (χ0n) is 15.9. The average molecular weight is 356 g/mol. The number of nitrogens with two attached hydrogens (primary N) is 1. The van der Waals surface area contributed by atoms with E-state index in [1.54, 1.807) is 20.1 Å². The highest BCUT2D eigenvalue weighted by molar-refractivity contribution is 5.86. The normalized spacial score (nSPS) is 32.9. The van der Waals surface area contributed by atoms with Crippen LogP contribution in [-0.2, 0) is 26.2 Å². The predicted molar refractivity (Wildman–Crippen MR) is 99.8 cm³/mol. The molecule has 1 saturated carbocycles. The van der Waals surface area contributed by atoms with Gasteiger partial charge in [-0.3, -0.25) is 0 Å². The molecule has 0 unspecified atom stereocenters. The van der Waals surface area contributed by atoms with Crippen molar-refractivity contribution in [2.24, 2.45) is 17.1 Å². The third-order valence-electron chi connectivity index (χ3n) is 6.52. The standard InChI is InChI=1S/C21H28N2O3/c1-5-14-12-20(10-9-18(14)25-4)13-15-7-8-16(23-3)11-17(15)21(20,22)19(24)26-6-2/h7-8,11,14,18H,5-6,9-10,12-13,22H2,1-2,4H3/t14-,18-,20-,21+/m0/s1. The number of rotatable bonds is 4. The first-order valence-corrected chi connectivity index (χ1v) is 9.45. The van der Waals surface area contributed by atoms with Gasteiger partial charge in [-0.15, -0.1) is 0 Å². The molecule has 4 atom stereocenters. The van der Waals surface area contributed by atoms with Gasteiger partial charge in [0.15, 0.2) is 5.69 Å². The van der Waals surface area contributed by atoms with Crippen LogP contribution in [0.3, 0.4) is 0 Å². The second-order valence-corrected chi connectivity index (χ2v) is 7.62. The fraction of sp³-hybridized carbons (Fsp3) is 0.619. The first kappa shape index (κ1) is 18.9. The molecule has 0 aromatic heterocycles. The van der Waals surface area contributed by atoms with Crippen LogP contribution in [0.1, 0.15) is 50.7 Å². The van der Waals surface area contributed by atoms with E-state index >= 15 is 0 Å². The first-order chi connectivity index (χ1) is 12.5. The number of carbonyl (C=O) groups is 1. The smallest absolute Gasteiger partial charge is 0.331 e. The van der Waals surface area contributed by atoms with Crippen LogP contribution in [0.2, 0.25) is 0 Å². The molecule has 2 aliphatic carbocycles. The van der Waals surface area contributed by atoms with E-state index in [-0.39, 0.29) is 17.5 Å². The number of fused-ring (bicyclic) bond motifs is 1. The molecule has 5 heteroatoms. The Morgan fingerprint density at radius 1 is 1.42 bits per heavy atom. The lowest BCUT2D eigenvalue weighted by atomic mass is 9.58. The average Bonchev–Trinajstić information content (AvgIpc) is 2.90. The minimum atomic E-state index is -1.20. The summed E-state index contributed by atoms with van der Waals surface area (Å²) in [6.07, 6.45) is 4.49. The van der Waals surface area contributed by atoms with E-state index in [9.17, 15) is 4.79 Å². The van der Waals surface area contributed by atoms with Gasteiger partial charge in [-0.05, 0) is 49.7 Å². The number of nitrogens with zero attached hydrogens (tertiary/aromatic N) is 1. The Bertz CT molecular complexity index is 741. The molecule has 0 bridgehead atoms. The van der Waals surface area contributed by atoms with Crippen LogP contribution in [-0.4, -0.2) is 25.8 Å². The molecule has 3 rings (SSSR count). The molecule has 140 valence electrons. The number of esters is 1. The Morgan fingerprint density at radius 2 is 2.19 bits per heavy atom. The quantitative estimate of drug-likeness (QED) is 0.659. The van der Waals surface area contributed by atoms with Crippen LogP contribution in [0, 0.1) is 17.9 Å². The number of carbonyl (C=O) groups excluding carboxylic acids is 1. The van der Waals surface area contributed by atoms with Gasteiger partial charge >= 0.3 is 5.97 Å². The summed E-state index contributed by atoms with van der Waals surface area (Å²) in [5.41, 5.74) is 7.69. The van der Waals surface area contributed by atoms with Crippen LogP contribution in [0.15, 0.2) is 18.2 Å². The zero-order valence-corrected chi connectivity index (χ0v) is 15.9. The molecule has 1 fully saturated rings. The van der Waals surface area contributed by atoms with Crippen molar-refractivity contribution in [1.82, 2.24) is 0 Å². The van der Waals surface area contributed by atoms with Crippen LogP contribution in [0.5, 0.6) is 0 Å².